The number of halogens is 1. The fourth-order valence-corrected chi connectivity index (χ4v) is 2.83. The van der Waals surface area contributed by atoms with Crippen molar-refractivity contribution in [1.29, 1.82) is 0 Å². The molecular formula is C12H15ClN4O3S. The Morgan fingerprint density at radius 1 is 1.38 bits per heavy atom. The lowest BCUT2D eigenvalue weighted by molar-refractivity contribution is 0.398. The van der Waals surface area contributed by atoms with Gasteiger partial charge >= 0.3 is 0 Å². The van der Waals surface area contributed by atoms with Gasteiger partial charge in [0.1, 0.15) is 0 Å². The minimum absolute atomic E-state index is 0.180. The molecule has 2 aromatic heterocycles. The summed E-state index contributed by atoms with van der Waals surface area (Å²) in [5.41, 5.74) is 0.555. The third-order valence-corrected chi connectivity index (χ3v) is 3.84. The lowest BCUT2D eigenvalue weighted by Crippen LogP contribution is -2.12. The highest BCUT2D eigenvalue weighted by molar-refractivity contribution is 8.13. The van der Waals surface area contributed by atoms with Crippen LogP contribution in [0.3, 0.4) is 0 Å². The van der Waals surface area contributed by atoms with Gasteiger partial charge in [0.2, 0.25) is 5.88 Å². The summed E-state index contributed by atoms with van der Waals surface area (Å²) < 4.78 is 29.9. The summed E-state index contributed by atoms with van der Waals surface area (Å²) in [6.07, 6.45) is 1.57. The van der Waals surface area contributed by atoms with Crippen LogP contribution in [-0.4, -0.2) is 35.3 Å². The molecule has 0 saturated carbocycles. The Labute approximate surface area is 127 Å². The third-order valence-electron chi connectivity index (χ3n) is 2.69. The number of methoxy groups -OCH3 is 1. The largest absolute Gasteiger partial charge is 0.480 e. The first-order chi connectivity index (χ1) is 9.84. The molecule has 0 unspecified atom stereocenters. The molecule has 2 heterocycles. The van der Waals surface area contributed by atoms with Crippen molar-refractivity contribution in [3.05, 3.63) is 18.3 Å². The van der Waals surface area contributed by atoms with Crippen LogP contribution in [0.25, 0.3) is 11.4 Å². The quantitative estimate of drug-likeness (QED) is 0.778. The van der Waals surface area contributed by atoms with E-state index in [1.54, 1.807) is 18.3 Å². The molecule has 21 heavy (non-hydrogen) atoms. The molecule has 0 radical (unpaired) electrons. The summed E-state index contributed by atoms with van der Waals surface area (Å²) in [4.78, 5) is 4.08. The molecule has 0 aliphatic heterocycles. The van der Waals surface area contributed by atoms with E-state index in [0.717, 1.165) is 0 Å². The molecule has 2 rings (SSSR count). The molecule has 0 fully saturated rings. The first-order valence-corrected chi connectivity index (χ1v) is 8.52. The molecule has 0 aliphatic rings. The molecule has 0 amide bonds. The highest BCUT2D eigenvalue weighted by atomic mass is 35.7. The Kier molecular flexibility index (Phi) is 4.48. The molecular weight excluding hydrogens is 316 g/mol. The van der Waals surface area contributed by atoms with Gasteiger partial charge in [-0.2, -0.15) is 0 Å². The Morgan fingerprint density at radius 3 is 2.67 bits per heavy atom. The zero-order chi connectivity index (χ0) is 15.6. The van der Waals surface area contributed by atoms with Gasteiger partial charge in [0.05, 0.1) is 12.7 Å². The van der Waals surface area contributed by atoms with Gasteiger partial charge in [-0.1, -0.05) is 13.8 Å². The zero-order valence-electron chi connectivity index (χ0n) is 11.8. The minimum atomic E-state index is -3.99. The van der Waals surface area contributed by atoms with E-state index in [1.807, 2.05) is 13.8 Å². The third kappa shape index (κ3) is 3.33. The average Bonchev–Trinajstić information content (AvgIpc) is 2.81. The predicted molar refractivity (Wildman–Crippen MR) is 77.7 cm³/mol. The fourth-order valence-electron chi connectivity index (χ4n) is 1.92. The molecule has 0 N–H and O–H groups in total. The molecule has 114 valence electrons. The first-order valence-electron chi connectivity index (χ1n) is 6.21. The molecule has 0 spiro atoms. The maximum Gasteiger partial charge on any atom is 0.296 e. The molecule has 0 atom stereocenters. The predicted octanol–water partition coefficient (Wildman–Crippen LogP) is 1.93. The van der Waals surface area contributed by atoms with Crippen LogP contribution in [-0.2, 0) is 15.6 Å². The van der Waals surface area contributed by atoms with Crippen molar-refractivity contribution in [2.75, 3.05) is 7.11 Å². The van der Waals surface area contributed by atoms with Crippen LogP contribution in [0.15, 0.2) is 23.5 Å². The van der Waals surface area contributed by atoms with Gasteiger partial charge in [-0.15, -0.1) is 10.2 Å². The number of hydrogen-bond acceptors (Lipinski definition) is 6. The summed E-state index contributed by atoms with van der Waals surface area (Å²) in [6.45, 7) is 4.31. The minimum Gasteiger partial charge on any atom is -0.480 e. The van der Waals surface area contributed by atoms with Crippen molar-refractivity contribution in [3.63, 3.8) is 0 Å². The summed E-state index contributed by atoms with van der Waals surface area (Å²) in [5, 5.41) is 7.37. The van der Waals surface area contributed by atoms with Gasteiger partial charge in [0.15, 0.2) is 5.82 Å². The lowest BCUT2D eigenvalue weighted by Gasteiger charge is -2.12. The smallest absolute Gasteiger partial charge is 0.296 e. The highest BCUT2D eigenvalue weighted by Crippen LogP contribution is 2.29. The zero-order valence-corrected chi connectivity index (χ0v) is 13.4. The van der Waals surface area contributed by atoms with Gasteiger partial charge in [0.25, 0.3) is 14.2 Å². The van der Waals surface area contributed by atoms with Gasteiger partial charge in [-0.25, -0.2) is 13.4 Å². The van der Waals surface area contributed by atoms with E-state index >= 15 is 0 Å². The van der Waals surface area contributed by atoms with Gasteiger partial charge in [-0.05, 0) is 18.1 Å². The molecule has 0 aliphatic carbocycles. The molecule has 0 saturated heterocycles. The summed E-state index contributed by atoms with van der Waals surface area (Å²) >= 11 is 0. The molecule has 2 aromatic rings. The van der Waals surface area contributed by atoms with E-state index < -0.39 is 9.05 Å². The average molecular weight is 331 g/mol. The summed E-state index contributed by atoms with van der Waals surface area (Å²) in [5.74, 6) is 0.876. The maximum absolute atomic E-state index is 11.6. The van der Waals surface area contributed by atoms with Crippen LogP contribution >= 0.6 is 10.7 Å². The van der Waals surface area contributed by atoms with Crippen LogP contribution in [0.4, 0.5) is 0 Å². The summed E-state index contributed by atoms with van der Waals surface area (Å²) in [6, 6.07) is 3.44. The number of aromatic nitrogens is 4. The maximum atomic E-state index is 11.6. The van der Waals surface area contributed by atoms with Crippen LogP contribution in [0.5, 0.6) is 5.88 Å². The number of nitrogens with zero attached hydrogens (tertiary/aromatic N) is 4. The Balaban J connectivity index is 2.67. The molecule has 7 nitrogen and oxygen atoms in total. The van der Waals surface area contributed by atoms with Gasteiger partial charge in [0, 0.05) is 23.4 Å². The standard InChI is InChI=1S/C12H15ClN4O3S/c1-8(2)7-17-10(15-16-12(17)21(13,18)19)9-5-4-6-14-11(9)20-3/h4-6,8H,7H2,1-3H3. The number of pyridine rings is 1. The molecule has 9 heteroatoms. The Morgan fingerprint density at radius 2 is 2.10 bits per heavy atom. The second-order valence-electron chi connectivity index (χ2n) is 4.81. The number of rotatable bonds is 5. The number of ether oxygens (including phenoxy) is 1. The van der Waals surface area contributed by atoms with E-state index in [4.69, 9.17) is 15.4 Å². The Bertz CT molecular complexity index is 743. The second kappa shape index (κ2) is 5.98. The van der Waals surface area contributed by atoms with Crippen LogP contribution < -0.4 is 4.74 Å². The monoisotopic (exact) mass is 330 g/mol. The Hall–Kier alpha value is -1.67. The van der Waals surface area contributed by atoms with E-state index in [1.165, 1.54) is 11.7 Å². The number of hydrogen-bond donors (Lipinski definition) is 0. The molecule has 0 aromatic carbocycles. The van der Waals surface area contributed by atoms with Crippen molar-refractivity contribution in [1.82, 2.24) is 19.7 Å². The second-order valence-corrected chi connectivity index (χ2v) is 7.27. The fraction of sp³-hybridized carbons (Fsp3) is 0.417. The van der Waals surface area contributed by atoms with E-state index in [-0.39, 0.29) is 11.1 Å². The SMILES string of the molecule is COc1ncccc1-c1nnc(S(=O)(=O)Cl)n1CC(C)C. The van der Waals surface area contributed by atoms with E-state index in [2.05, 4.69) is 15.2 Å². The summed E-state index contributed by atoms with van der Waals surface area (Å²) in [7, 11) is 2.92. The first kappa shape index (κ1) is 15.7. The molecule has 0 bridgehead atoms. The van der Waals surface area contributed by atoms with Crippen molar-refractivity contribution in [3.8, 4) is 17.3 Å². The van der Waals surface area contributed by atoms with Gasteiger partial charge < -0.3 is 4.74 Å². The van der Waals surface area contributed by atoms with Crippen LogP contribution in [0, 0.1) is 5.92 Å². The van der Waals surface area contributed by atoms with Gasteiger partial charge in [-0.3, -0.25) is 4.57 Å². The van der Waals surface area contributed by atoms with Crippen LogP contribution in [0.1, 0.15) is 13.8 Å². The van der Waals surface area contributed by atoms with E-state index in [9.17, 15) is 8.42 Å². The van der Waals surface area contributed by atoms with Crippen molar-refractivity contribution in [2.45, 2.75) is 25.5 Å². The van der Waals surface area contributed by atoms with Crippen molar-refractivity contribution < 1.29 is 13.2 Å². The van der Waals surface area contributed by atoms with Crippen molar-refractivity contribution in [2.24, 2.45) is 5.92 Å². The van der Waals surface area contributed by atoms with Crippen molar-refractivity contribution >= 4 is 19.7 Å². The van der Waals surface area contributed by atoms with E-state index in [0.29, 0.717) is 23.8 Å². The lowest BCUT2D eigenvalue weighted by atomic mass is 10.2. The normalized spacial score (nSPS) is 11.9. The van der Waals surface area contributed by atoms with Crippen LogP contribution in [0.2, 0.25) is 0 Å². The topological polar surface area (TPSA) is 87.0 Å². The highest BCUT2D eigenvalue weighted by Gasteiger charge is 2.25.